The summed E-state index contributed by atoms with van der Waals surface area (Å²) in [6.07, 6.45) is 9.52. The SMILES string of the molecule is CN(C(=O)CSc1ccccc1C(=O)Nc1ccc(Sc2nccn2C)cc1)C1CCCCC1. The number of nitrogens with zero attached hydrogens (tertiary/aromatic N) is 3. The number of benzene rings is 2. The highest BCUT2D eigenvalue weighted by Gasteiger charge is 2.22. The fraction of sp³-hybridized carbons (Fsp3) is 0.346. The number of amides is 2. The molecule has 0 atom stereocenters. The number of nitrogens with one attached hydrogen (secondary N) is 1. The molecule has 0 aliphatic heterocycles. The summed E-state index contributed by atoms with van der Waals surface area (Å²) in [7, 11) is 3.87. The van der Waals surface area contributed by atoms with E-state index in [0.717, 1.165) is 33.5 Å². The first kappa shape index (κ1) is 24.4. The van der Waals surface area contributed by atoms with Gasteiger partial charge >= 0.3 is 0 Å². The first-order chi connectivity index (χ1) is 16.5. The summed E-state index contributed by atoms with van der Waals surface area (Å²) >= 11 is 3.00. The molecule has 2 amide bonds. The number of imidazole rings is 1. The Morgan fingerprint density at radius 2 is 1.82 bits per heavy atom. The van der Waals surface area contributed by atoms with E-state index in [1.54, 1.807) is 24.0 Å². The summed E-state index contributed by atoms with van der Waals surface area (Å²) in [6, 6.07) is 15.5. The Hall–Kier alpha value is -2.71. The second-order valence-electron chi connectivity index (χ2n) is 8.48. The number of hydrogen-bond donors (Lipinski definition) is 1. The van der Waals surface area contributed by atoms with E-state index in [0.29, 0.717) is 17.4 Å². The Kier molecular flexibility index (Phi) is 8.34. The molecule has 8 heteroatoms. The molecule has 1 aliphatic rings. The minimum atomic E-state index is -0.180. The van der Waals surface area contributed by atoms with E-state index in [1.807, 2.05) is 72.2 Å². The minimum Gasteiger partial charge on any atom is -0.342 e. The van der Waals surface area contributed by atoms with Crippen LogP contribution in [0.3, 0.4) is 0 Å². The number of aryl methyl sites for hydroxylation is 1. The van der Waals surface area contributed by atoms with Gasteiger partial charge in [0.05, 0.1) is 11.3 Å². The molecule has 1 fully saturated rings. The second kappa shape index (κ2) is 11.6. The molecule has 1 heterocycles. The predicted molar refractivity (Wildman–Crippen MR) is 139 cm³/mol. The molecule has 178 valence electrons. The highest BCUT2D eigenvalue weighted by Crippen LogP contribution is 2.28. The predicted octanol–water partition coefficient (Wildman–Crippen LogP) is 5.71. The van der Waals surface area contributed by atoms with Crippen molar-refractivity contribution < 1.29 is 9.59 Å². The van der Waals surface area contributed by atoms with Gasteiger partial charge in [0.2, 0.25) is 5.91 Å². The Balaban J connectivity index is 1.35. The van der Waals surface area contributed by atoms with Gasteiger partial charge < -0.3 is 14.8 Å². The normalized spacial score (nSPS) is 14.1. The third kappa shape index (κ3) is 6.24. The molecule has 1 aliphatic carbocycles. The van der Waals surface area contributed by atoms with E-state index in [1.165, 1.54) is 31.0 Å². The van der Waals surface area contributed by atoms with Crippen LogP contribution in [0.2, 0.25) is 0 Å². The number of aromatic nitrogens is 2. The Morgan fingerprint density at radius 1 is 1.09 bits per heavy atom. The van der Waals surface area contributed by atoms with Gasteiger partial charge in [-0.2, -0.15) is 0 Å². The lowest BCUT2D eigenvalue weighted by molar-refractivity contribution is -0.129. The smallest absolute Gasteiger partial charge is 0.256 e. The fourth-order valence-corrected chi connectivity index (χ4v) is 5.83. The number of carbonyl (C=O) groups excluding carboxylic acids is 2. The molecule has 0 radical (unpaired) electrons. The van der Waals surface area contributed by atoms with Gasteiger partial charge in [-0.15, -0.1) is 11.8 Å². The fourth-order valence-electron chi connectivity index (χ4n) is 4.05. The van der Waals surface area contributed by atoms with Crippen LogP contribution < -0.4 is 5.32 Å². The lowest BCUT2D eigenvalue weighted by atomic mass is 9.94. The van der Waals surface area contributed by atoms with Crippen LogP contribution in [0.25, 0.3) is 0 Å². The zero-order valence-corrected chi connectivity index (χ0v) is 21.2. The van der Waals surface area contributed by atoms with E-state index in [2.05, 4.69) is 10.3 Å². The molecular weight excluding hydrogens is 464 g/mol. The van der Waals surface area contributed by atoms with Crippen LogP contribution >= 0.6 is 23.5 Å². The first-order valence-electron chi connectivity index (χ1n) is 11.6. The van der Waals surface area contributed by atoms with Crippen LogP contribution in [0, 0.1) is 0 Å². The summed E-state index contributed by atoms with van der Waals surface area (Å²) in [4.78, 5) is 33.8. The molecular formula is C26H30N4O2S2. The van der Waals surface area contributed by atoms with Gasteiger partial charge in [0, 0.05) is 48.0 Å². The highest BCUT2D eigenvalue weighted by molar-refractivity contribution is 8.00. The molecule has 6 nitrogen and oxygen atoms in total. The quantitative estimate of drug-likeness (QED) is 0.407. The van der Waals surface area contributed by atoms with E-state index in [4.69, 9.17) is 0 Å². The molecule has 0 unspecified atom stereocenters. The van der Waals surface area contributed by atoms with E-state index in [-0.39, 0.29) is 11.8 Å². The van der Waals surface area contributed by atoms with Crippen molar-refractivity contribution in [1.82, 2.24) is 14.5 Å². The Morgan fingerprint density at radius 3 is 2.53 bits per heavy atom. The Bertz CT molecular complexity index is 1120. The topological polar surface area (TPSA) is 67.2 Å². The third-order valence-corrected chi connectivity index (χ3v) is 8.24. The molecule has 0 saturated heterocycles. The third-order valence-electron chi connectivity index (χ3n) is 6.10. The van der Waals surface area contributed by atoms with E-state index >= 15 is 0 Å². The maximum absolute atomic E-state index is 13.0. The van der Waals surface area contributed by atoms with Crippen molar-refractivity contribution in [3.05, 3.63) is 66.5 Å². The molecule has 1 aromatic heterocycles. The minimum absolute atomic E-state index is 0.118. The lowest BCUT2D eigenvalue weighted by Gasteiger charge is -2.31. The average Bonchev–Trinajstić information content (AvgIpc) is 3.28. The Labute approximate surface area is 209 Å². The van der Waals surface area contributed by atoms with Crippen molar-refractivity contribution in [3.8, 4) is 0 Å². The van der Waals surface area contributed by atoms with E-state index < -0.39 is 0 Å². The molecule has 1 N–H and O–H groups in total. The van der Waals surface area contributed by atoms with Crippen molar-refractivity contribution in [1.29, 1.82) is 0 Å². The van der Waals surface area contributed by atoms with Crippen molar-refractivity contribution in [3.63, 3.8) is 0 Å². The largest absolute Gasteiger partial charge is 0.342 e. The average molecular weight is 495 g/mol. The van der Waals surface area contributed by atoms with Crippen LogP contribution in [0.4, 0.5) is 5.69 Å². The van der Waals surface area contributed by atoms with E-state index in [9.17, 15) is 9.59 Å². The van der Waals surface area contributed by atoms with Crippen LogP contribution in [0.15, 0.2) is 75.9 Å². The van der Waals surface area contributed by atoms with Crippen molar-refractivity contribution >= 4 is 41.0 Å². The summed E-state index contributed by atoms with van der Waals surface area (Å²) in [5.74, 6) is 0.268. The van der Waals surface area contributed by atoms with Gasteiger partial charge in [-0.3, -0.25) is 9.59 Å². The number of hydrogen-bond acceptors (Lipinski definition) is 5. The van der Waals surface area contributed by atoms with Gasteiger partial charge in [-0.1, -0.05) is 43.2 Å². The molecule has 34 heavy (non-hydrogen) atoms. The highest BCUT2D eigenvalue weighted by atomic mass is 32.2. The molecule has 1 saturated carbocycles. The van der Waals surface area contributed by atoms with Crippen LogP contribution in [-0.2, 0) is 11.8 Å². The van der Waals surface area contributed by atoms with Gasteiger partial charge in [0.15, 0.2) is 5.16 Å². The van der Waals surface area contributed by atoms with Gasteiger partial charge in [0.25, 0.3) is 5.91 Å². The molecule has 0 bridgehead atoms. The second-order valence-corrected chi connectivity index (χ2v) is 10.5. The first-order valence-corrected chi connectivity index (χ1v) is 13.4. The monoisotopic (exact) mass is 494 g/mol. The van der Waals surface area contributed by atoms with Crippen molar-refractivity contribution in [2.45, 2.75) is 53.1 Å². The maximum atomic E-state index is 13.0. The van der Waals surface area contributed by atoms with Crippen molar-refractivity contribution in [2.75, 3.05) is 18.1 Å². The summed E-state index contributed by atoms with van der Waals surface area (Å²) in [5.41, 5.74) is 1.30. The lowest BCUT2D eigenvalue weighted by Crippen LogP contribution is -2.39. The molecule has 3 aromatic rings. The number of carbonyl (C=O) groups is 2. The summed E-state index contributed by atoms with van der Waals surface area (Å²) in [6.45, 7) is 0. The zero-order valence-electron chi connectivity index (χ0n) is 19.6. The summed E-state index contributed by atoms with van der Waals surface area (Å²) in [5, 5.41) is 3.89. The summed E-state index contributed by atoms with van der Waals surface area (Å²) < 4.78 is 1.96. The molecule has 2 aromatic carbocycles. The van der Waals surface area contributed by atoms with Crippen LogP contribution in [0.5, 0.6) is 0 Å². The maximum Gasteiger partial charge on any atom is 0.256 e. The number of rotatable bonds is 8. The standard InChI is InChI=1S/C26H30N4O2S2/c1-29-17-16-27-26(29)34-21-14-12-19(13-15-21)28-25(32)22-10-6-7-11-23(22)33-18-24(31)30(2)20-8-4-3-5-9-20/h6-7,10-17,20H,3-5,8-9,18H2,1-2H3,(H,28,32). The number of anilines is 1. The van der Waals surface area contributed by atoms with Crippen LogP contribution in [0.1, 0.15) is 42.5 Å². The van der Waals surface area contributed by atoms with Crippen LogP contribution in [-0.4, -0.2) is 45.1 Å². The van der Waals surface area contributed by atoms with Gasteiger partial charge in [0.1, 0.15) is 0 Å². The number of thioether (sulfide) groups is 1. The van der Waals surface area contributed by atoms with Crippen molar-refractivity contribution in [2.24, 2.45) is 7.05 Å². The van der Waals surface area contributed by atoms with Gasteiger partial charge in [-0.05, 0) is 49.2 Å². The zero-order chi connectivity index (χ0) is 23.9. The molecule has 0 spiro atoms. The molecule has 4 rings (SSSR count). The van der Waals surface area contributed by atoms with Gasteiger partial charge in [-0.25, -0.2) is 4.98 Å².